The van der Waals surface area contributed by atoms with Gasteiger partial charge in [-0.25, -0.2) is 4.79 Å². The minimum Gasteiger partial charge on any atom is -0.494 e. The minimum atomic E-state index is -1.16. The number of alkyl halides is 1. The van der Waals surface area contributed by atoms with Gasteiger partial charge in [0.25, 0.3) is 5.91 Å². The molecule has 0 fully saturated rings. The van der Waals surface area contributed by atoms with Crippen molar-refractivity contribution in [3.05, 3.63) is 42.0 Å². The molecule has 0 saturated carbocycles. The third-order valence-electron chi connectivity index (χ3n) is 2.73. The summed E-state index contributed by atoms with van der Waals surface area (Å²) < 4.78 is 0.0682. The van der Waals surface area contributed by atoms with Crippen LogP contribution in [0.5, 0.6) is 11.8 Å². The second kappa shape index (κ2) is 6.04. The molecule has 1 unspecified atom stereocenters. The Bertz CT molecular complexity index is 678. The Kier molecular flexibility index (Phi) is 4.36. The largest absolute Gasteiger partial charge is 0.494 e. The Hall–Kier alpha value is -2.23. The summed E-state index contributed by atoms with van der Waals surface area (Å²) in [6.07, 6.45) is 0. The topological polar surface area (TPSA) is 112 Å². The second-order valence-electron chi connectivity index (χ2n) is 4.10. The van der Waals surface area contributed by atoms with Crippen molar-refractivity contribution in [1.29, 1.82) is 0 Å². The number of nitrogens with one attached hydrogen (secondary N) is 1. The number of para-hydroxylation sites is 1. The van der Waals surface area contributed by atoms with Crippen molar-refractivity contribution >= 4 is 40.2 Å². The number of aromatic carboxylic acids is 1. The normalized spacial score (nSPS) is 11.9. The van der Waals surface area contributed by atoms with Gasteiger partial charge in [-0.15, -0.1) is 0 Å². The minimum absolute atomic E-state index is 0.0459. The van der Waals surface area contributed by atoms with E-state index < -0.39 is 15.9 Å². The standard InChI is InChI=1S/C13H11IN2O5/c14-11(16-9(17)5-6-10(16)18)12(19)15-8-4-2-1-3-7(8)13(20)21/h1-6,11,17-18H,(H,15,19)(H,20,21). The molecule has 2 aromatic rings. The van der Waals surface area contributed by atoms with Crippen molar-refractivity contribution in [1.82, 2.24) is 4.57 Å². The summed E-state index contributed by atoms with van der Waals surface area (Å²) in [6.45, 7) is 0. The number of benzene rings is 1. The first-order valence-electron chi connectivity index (χ1n) is 5.78. The van der Waals surface area contributed by atoms with Gasteiger partial charge in [0.2, 0.25) is 0 Å². The molecule has 7 nitrogen and oxygen atoms in total. The molecule has 0 aliphatic heterocycles. The van der Waals surface area contributed by atoms with E-state index >= 15 is 0 Å². The summed E-state index contributed by atoms with van der Waals surface area (Å²) in [5.74, 6) is -2.28. The number of halogens is 1. The van der Waals surface area contributed by atoms with Gasteiger partial charge in [-0.05, 0) is 34.7 Å². The molecule has 2 rings (SSSR count). The maximum Gasteiger partial charge on any atom is 0.337 e. The predicted octanol–water partition coefficient (Wildman–Crippen LogP) is 2.17. The van der Waals surface area contributed by atoms with Crippen LogP contribution in [0, 0.1) is 0 Å². The number of amides is 1. The van der Waals surface area contributed by atoms with Crippen molar-refractivity contribution in [2.45, 2.75) is 4.05 Å². The molecule has 0 spiro atoms. The van der Waals surface area contributed by atoms with Crippen LogP contribution in [0.25, 0.3) is 0 Å². The molecule has 0 aliphatic rings. The zero-order valence-corrected chi connectivity index (χ0v) is 12.7. The highest BCUT2D eigenvalue weighted by atomic mass is 127. The Balaban J connectivity index is 2.25. The molecule has 1 atom stereocenters. The second-order valence-corrected chi connectivity index (χ2v) is 5.28. The van der Waals surface area contributed by atoms with Crippen molar-refractivity contribution in [2.75, 3.05) is 5.32 Å². The Morgan fingerprint density at radius 3 is 2.24 bits per heavy atom. The number of carbonyl (C=O) groups excluding carboxylic acids is 1. The van der Waals surface area contributed by atoms with Crippen LogP contribution in [0.15, 0.2) is 36.4 Å². The third-order valence-corrected chi connectivity index (χ3v) is 3.86. The van der Waals surface area contributed by atoms with Crippen molar-refractivity contribution < 1.29 is 24.9 Å². The third kappa shape index (κ3) is 3.10. The van der Waals surface area contributed by atoms with E-state index in [1.807, 2.05) is 0 Å². The zero-order chi connectivity index (χ0) is 15.6. The molecule has 4 N–H and O–H groups in total. The van der Waals surface area contributed by atoms with Crippen LogP contribution in [0.4, 0.5) is 5.69 Å². The molecular formula is C13H11IN2O5. The summed E-state index contributed by atoms with van der Waals surface area (Å²) >= 11 is 1.72. The van der Waals surface area contributed by atoms with E-state index in [2.05, 4.69) is 5.32 Å². The smallest absolute Gasteiger partial charge is 0.337 e. The van der Waals surface area contributed by atoms with Crippen LogP contribution < -0.4 is 5.32 Å². The first-order valence-corrected chi connectivity index (χ1v) is 7.03. The van der Waals surface area contributed by atoms with E-state index in [-0.39, 0.29) is 23.0 Å². The van der Waals surface area contributed by atoms with E-state index in [0.717, 1.165) is 4.57 Å². The first kappa shape index (κ1) is 15.2. The van der Waals surface area contributed by atoms with E-state index in [4.69, 9.17) is 5.11 Å². The van der Waals surface area contributed by atoms with E-state index in [9.17, 15) is 19.8 Å². The number of rotatable bonds is 4. The zero-order valence-electron chi connectivity index (χ0n) is 10.5. The van der Waals surface area contributed by atoms with Crippen molar-refractivity contribution in [3.8, 4) is 11.8 Å². The molecular weight excluding hydrogens is 391 g/mol. The number of nitrogens with zero attached hydrogens (tertiary/aromatic N) is 1. The van der Waals surface area contributed by atoms with Crippen LogP contribution in [0.2, 0.25) is 0 Å². The molecule has 1 aromatic heterocycles. The molecule has 1 amide bonds. The number of anilines is 1. The fourth-order valence-corrected chi connectivity index (χ4v) is 2.47. The lowest BCUT2D eigenvalue weighted by Crippen LogP contribution is -2.22. The molecule has 110 valence electrons. The van der Waals surface area contributed by atoms with Gasteiger partial charge in [0.05, 0.1) is 11.3 Å². The monoisotopic (exact) mass is 402 g/mol. The molecule has 0 radical (unpaired) electrons. The Morgan fingerprint density at radius 2 is 1.67 bits per heavy atom. The van der Waals surface area contributed by atoms with Gasteiger partial charge in [-0.3, -0.25) is 9.36 Å². The molecule has 8 heteroatoms. The number of aromatic nitrogens is 1. The van der Waals surface area contributed by atoms with Gasteiger partial charge in [-0.1, -0.05) is 12.1 Å². The lowest BCUT2D eigenvalue weighted by Gasteiger charge is -2.15. The lowest BCUT2D eigenvalue weighted by molar-refractivity contribution is -0.116. The summed E-state index contributed by atoms with van der Waals surface area (Å²) in [5.41, 5.74) is 0.0956. The van der Waals surface area contributed by atoms with Crippen LogP contribution in [0.1, 0.15) is 14.4 Å². The predicted molar refractivity (Wildman–Crippen MR) is 82.8 cm³/mol. The Morgan fingerprint density at radius 1 is 1.10 bits per heavy atom. The van der Waals surface area contributed by atoms with Gasteiger partial charge < -0.3 is 20.6 Å². The lowest BCUT2D eigenvalue weighted by atomic mass is 10.2. The fourth-order valence-electron chi connectivity index (χ4n) is 1.75. The SMILES string of the molecule is O=C(O)c1ccccc1NC(=O)C(I)n1c(O)ccc1O. The molecule has 0 bridgehead atoms. The molecule has 0 aliphatic carbocycles. The number of carboxylic acids is 1. The van der Waals surface area contributed by atoms with E-state index in [1.165, 1.54) is 24.3 Å². The van der Waals surface area contributed by atoms with E-state index in [0.29, 0.717) is 0 Å². The number of hydrogen-bond donors (Lipinski definition) is 4. The van der Waals surface area contributed by atoms with E-state index in [1.54, 1.807) is 34.7 Å². The van der Waals surface area contributed by atoms with Crippen molar-refractivity contribution in [3.63, 3.8) is 0 Å². The van der Waals surface area contributed by atoms with Crippen LogP contribution in [-0.4, -0.2) is 31.8 Å². The van der Waals surface area contributed by atoms with Gasteiger partial charge >= 0.3 is 5.97 Å². The highest BCUT2D eigenvalue weighted by Crippen LogP contribution is 2.31. The summed E-state index contributed by atoms with van der Waals surface area (Å²) in [7, 11) is 0. The maximum atomic E-state index is 12.1. The van der Waals surface area contributed by atoms with Crippen LogP contribution in [0.3, 0.4) is 0 Å². The van der Waals surface area contributed by atoms with Crippen LogP contribution >= 0.6 is 22.6 Å². The first-order chi connectivity index (χ1) is 9.91. The van der Waals surface area contributed by atoms with Gasteiger partial charge in [0, 0.05) is 12.1 Å². The quantitative estimate of drug-likeness (QED) is 0.463. The summed E-state index contributed by atoms with van der Waals surface area (Å²) in [6, 6.07) is 8.46. The van der Waals surface area contributed by atoms with Gasteiger partial charge in [0.1, 0.15) is 0 Å². The van der Waals surface area contributed by atoms with Crippen LogP contribution in [-0.2, 0) is 4.79 Å². The van der Waals surface area contributed by atoms with Gasteiger partial charge in [0.15, 0.2) is 15.8 Å². The van der Waals surface area contributed by atoms with Gasteiger partial charge in [-0.2, -0.15) is 0 Å². The Labute approximate surface area is 133 Å². The number of aromatic hydroxyl groups is 2. The average molecular weight is 402 g/mol. The highest BCUT2D eigenvalue weighted by Gasteiger charge is 2.23. The molecule has 1 aromatic carbocycles. The average Bonchev–Trinajstić information content (AvgIpc) is 2.77. The fraction of sp³-hybridized carbons (Fsp3) is 0.0769. The van der Waals surface area contributed by atoms with Crippen molar-refractivity contribution in [2.24, 2.45) is 0 Å². The molecule has 21 heavy (non-hydrogen) atoms. The molecule has 0 saturated heterocycles. The highest BCUT2D eigenvalue weighted by molar-refractivity contribution is 14.1. The molecule has 1 heterocycles. The number of carbonyl (C=O) groups is 2. The summed E-state index contributed by atoms with van der Waals surface area (Å²) in [5, 5.41) is 30.7. The summed E-state index contributed by atoms with van der Waals surface area (Å²) in [4.78, 5) is 23.2. The number of hydrogen-bond acceptors (Lipinski definition) is 4. The number of carboxylic acid groups (broad SMARTS) is 1. The maximum absolute atomic E-state index is 12.1.